The van der Waals surface area contributed by atoms with Gasteiger partial charge in [0.25, 0.3) is 0 Å². The van der Waals surface area contributed by atoms with Gasteiger partial charge < -0.3 is 0 Å². The van der Waals surface area contributed by atoms with E-state index in [-0.39, 0.29) is 5.78 Å². The predicted octanol–water partition coefficient (Wildman–Crippen LogP) is 9.34. The van der Waals surface area contributed by atoms with Crippen molar-refractivity contribution in [3.63, 3.8) is 0 Å². The molecule has 1 nitrogen and oxygen atoms in total. The zero-order chi connectivity index (χ0) is 19.8. The molecule has 27 heavy (non-hydrogen) atoms. The maximum Gasteiger partial charge on any atom is 0.155 e. The normalized spacial score (nSPS) is 11.0. The van der Waals surface area contributed by atoms with E-state index in [9.17, 15) is 4.79 Å². The van der Waals surface area contributed by atoms with E-state index < -0.39 is 0 Å². The molecule has 0 spiro atoms. The van der Waals surface area contributed by atoms with Crippen LogP contribution >= 0.6 is 0 Å². The zero-order valence-corrected chi connectivity index (χ0v) is 18.7. The largest absolute Gasteiger partial charge is 0.295 e. The topological polar surface area (TPSA) is 17.1 Å². The van der Waals surface area contributed by atoms with Gasteiger partial charge in [-0.3, -0.25) is 4.79 Å². The van der Waals surface area contributed by atoms with Crippen LogP contribution in [0.25, 0.3) is 0 Å². The molecule has 1 heteroatoms. The van der Waals surface area contributed by atoms with Crippen LogP contribution in [0.15, 0.2) is 12.7 Å². The first-order chi connectivity index (χ1) is 13.3. The fourth-order valence-corrected chi connectivity index (χ4v) is 3.83. The van der Waals surface area contributed by atoms with E-state index in [1.807, 2.05) is 0 Å². The number of ketones is 1. The Balaban J connectivity index is 3.01. The molecule has 0 fully saturated rings. The van der Waals surface area contributed by atoms with Gasteiger partial charge in [-0.2, -0.15) is 0 Å². The molecule has 0 heterocycles. The molecule has 0 rings (SSSR count). The van der Waals surface area contributed by atoms with Gasteiger partial charge in [0.15, 0.2) is 5.78 Å². The molecule has 0 aliphatic rings. The number of rotatable bonds is 23. The van der Waals surface area contributed by atoms with Crippen LogP contribution in [-0.4, -0.2) is 5.78 Å². The summed E-state index contributed by atoms with van der Waals surface area (Å²) < 4.78 is 0. The first-order valence-corrected chi connectivity index (χ1v) is 12.5. The van der Waals surface area contributed by atoms with Crippen molar-refractivity contribution in [2.45, 2.75) is 148 Å². The Morgan fingerprint density at radius 2 is 0.778 bits per heavy atom. The summed E-state index contributed by atoms with van der Waals surface area (Å²) in [7, 11) is 0. The van der Waals surface area contributed by atoms with E-state index in [2.05, 4.69) is 13.5 Å². The third-order valence-corrected chi connectivity index (χ3v) is 5.75. The van der Waals surface area contributed by atoms with E-state index in [1.165, 1.54) is 134 Å². The molecule has 0 bridgehead atoms. The molecule has 0 aliphatic carbocycles. The molecule has 0 radical (unpaired) electrons. The van der Waals surface area contributed by atoms with Crippen LogP contribution in [0.1, 0.15) is 148 Å². The molecule has 0 atom stereocenters. The summed E-state index contributed by atoms with van der Waals surface area (Å²) >= 11 is 0. The van der Waals surface area contributed by atoms with Crippen LogP contribution < -0.4 is 0 Å². The van der Waals surface area contributed by atoms with Gasteiger partial charge in [0.1, 0.15) is 0 Å². The van der Waals surface area contributed by atoms with Gasteiger partial charge >= 0.3 is 0 Å². The van der Waals surface area contributed by atoms with Gasteiger partial charge in [-0.25, -0.2) is 0 Å². The number of unbranched alkanes of at least 4 members (excludes halogenated alkanes) is 20. The zero-order valence-electron chi connectivity index (χ0n) is 18.7. The molecule has 0 aliphatic heterocycles. The minimum atomic E-state index is 0.202. The van der Waals surface area contributed by atoms with Crippen molar-refractivity contribution < 1.29 is 4.79 Å². The summed E-state index contributed by atoms with van der Waals surface area (Å²) in [5.74, 6) is 0.202. The molecule has 0 N–H and O–H groups in total. The highest BCUT2D eigenvalue weighted by Crippen LogP contribution is 2.15. The summed E-state index contributed by atoms with van der Waals surface area (Å²) in [6.45, 7) is 5.81. The van der Waals surface area contributed by atoms with E-state index in [1.54, 1.807) is 0 Å². The van der Waals surface area contributed by atoms with Crippen molar-refractivity contribution in [1.82, 2.24) is 0 Å². The summed E-state index contributed by atoms with van der Waals surface area (Å²) in [6, 6.07) is 0. The van der Waals surface area contributed by atoms with E-state index >= 15 is 0 Å². The van der Waals surface area contributed by atoms with Crippen molar-refractivity contribution in [2.75, 3.05) is 0 Å². The van der Waals surface area contributed by atoms with Crippen LogP contribution in [-0.2, 0) is 4.79 Å². The summed E-state index contributed by atoms with van der Waals surface area (Å²) in [6.07, 6.45) is 31.6. The highest BCUT2D eigenvalue weighted by molar-refractivity contribution is 5.88. The molecule has 0 aromatic rings. The van der Waals surface area contributed by atoms with E-state index in [0.29, 0.717) is 6.42 Å². The smallest absolute Gasteiger partial charge is 0.155 e. The SMILES string of the molecule is C=CC(=O)CCCCCCCCCCCCCCCCCCCCCCC. The molecular formula is C26H50O. The number of carbonyl (C=O) groups is 1. The standard InChI is InChI=1S/C26H50O/c1-3-5-6-7-8-9-10-11-12-13-14-15-16-17-18-19-20-21-22-23-24-25-26(27)4-2/h4H,2-3,5-25H2,1H3. The minimum Gasteiger partial charge on any atom is -0.295 e. The van der Waals surface area contributed by atoms with Gasteiger partial charge in [-0.1, -0.05) is 142 Å². The van der Waals surface area contributed by atoms with Crippen LogP contribution in [0, 0.1) is 0 Å². The Morgan fingerprint density at radius 3 is 1.04 bits per heavy atom. The summed E-state index contributed by atoms with van der Waals surface area (Å²) in [4.78, 5) is 11.1. The molecule has 0 amide bonds. The first-order valence-electron chi connectivity index (χ1n) is 12.5. The molecule has 0 unspecified atom stereocenters. The highest BCUT2D eigenvalue weighted by atomic mass is 16.1. The summed E-state index contributed by atoms with van der Waals surface area (Å²) in [5, 5.41) is 0. The fourth-order valence-electron chi connectivity index (χ4n) is 3.83. The van der Waals surface area contributed by atoms with Gasteiger partial charge in [0.2, 0.25) is 0 Å². The Hall–Kier alpha value is -0.590. The lowest BCUT2D eigenvalue weighted by Crippen LogP contribution is -1.91. The second kappa shape index (κ2) is 23.4. The van der Waals surface area contributed by atoms with Gasteiger partial charge in [0.05, 0.1) is 0 Å². The van der Waals surface area contributed by atoms with Crippen LogP contribution in [0.5, 0.6) is 0 Å². The second-order valence-electron chi connectivity index (χ2n) is 8.49. The van der Waals surface area contributed by atoms with Crippen molar-refractivity contribution >= 4 is 5.78 Å². The highest BCUT2D eigenvalue weighted by Gasteiger charge is 1.97. The van der Waals surface area contributed by atoms with E-state index in [0.717, 1.165) is 6.42 Å². The van der Waals surface area contributed by atoms with Crippen molar-refractivity contribution in [2.24, 2.45) is 0 Å². The monoisotopic (exact) mass is 378 g/mol. The Bertz CT molecular complexity index is 307. The Labute approximate surface area is 171 Å². The van der Waals surface area contributed by atoms with Crippen LogP contribution in [0.2, 0.25) is 0 Å². The third kappa shape index (κ3) is 23.4. The van der Waals surface area contributed by atoms with Gasteiger partial charge in [-0.05, 0) is 12.5 Å². The Morgan fingerprint density at radius 1 is 0.519 bits per heavy atom. The molecular weight excluding hydrogens is 328 g/mol. The van der Waals surface area contributed by atoms with Crippen molar-refractivity contribution in [3.05, 3.63) is 12.7 Å². The number of allylic oxidation sites excluding steroid dienone is 1. The van der Waals surface area contributed by atoms with Gasteiger partial charge in [-0.15, -0.1) is 0 Å². The lowest BCUT2D eigenvalue weighted by molar-refractivity contribution is -0.114. The van der Waals surface area contributed by atoms with Gasteiger partial charge in [0, 0.05) is 6.42 Å². The first kappa shape index (κ1) is 26.4. The maximum absolute atomic E-state index is 11.1. The predicted molar refractivity (Wildman–Crippen MR) is 122 cm³/mol. The number of hydrogen-bond acceptors (Lipinski definition) is 1. The molecule has 0 saturated heterocycles. The molecule has 160 valence electrons. The molecule has 0 aromatic heterocycles. The third-order valence-electron chi connectivity index (χ3n) is 5.75. The average Bonchev–Trinajstić information content (AvgIpc) is 2.68. The molecule has 0 saturated carbocycles. The van der Waals surface area contributed by atoms with Crippen molar-refractivity contribution in [1.29, 1.82) is 0 Å². The van der Waals surface area contributed by atoms with E-state index in [4.69, 9.17) is 0 Å². The van der Waals surface area contributed by atoms with Crippen molar-refractivity contribution in [3.8, 4) is 0 Å². The number of hydrogen-bond donors (Lipinski definition) is 0. The lowest BCUT2D eigenvalue weighted by Gasteiger charge is -2.04. The second-order valence-corrected chi connectivity index (χ2v) is 8.49. The average molecular weight is 379 g/mol. The quantitative estimate of drug-likeness (QED) is 0.128. The molecule has 0 aromatic carbocycles. The van der Waals surface area contributed by atoms with Crippen LogP contribution in [0.4, 0.5) is 0 Å². The fraction of sp³-hybridized carbons (Fsp3) is 0.885. The Kier molecular flexibility index (Phi) is 22.9. The minimum absolute atomic E-state index is 0.202. The summed E-state index contributed by atoms with van der Waals surface area (Å²) in [5.41, 5.74) is 0. The maximum atomic E-state index is 11.1. The number of carbonyl (C=O) groups excluding carboxylic acids is 1. The van der Waals surface area contributed by atoms with Crippen LogP contribution in [0.3, 0.4) is 0 Å². The lowest BCUT2D eigenvalue weighted by atomic mass is 10.0.